The zero-order chi connectivity index (χ0) is 14.2. The van der Waals surface area contributed by atoms with E-state index in [1.807, 2.05) is 0 Å². The number of rotatable bonds is 2. The number of carbonyl (C=O) groups excluding carboxylic acids is 1. The largest absolute Gasteiger partial charge is 0.465 e. The van der Waals surface area contributed by atoms with E-state index in [1.165, 1.54) is 19.2 Å². The molecule has 0 bridgehead atoms. The normalized spacial score (nSPS) is 10.6. The molecular weight excluding hydrogens is 270 g/mol. The van der Waals surface area contributed by atoms with Crippen LogP contribution in [0.25, 0.3) is 11.1 Å². The summed E-state index contributed by atoms with van der Waals surface area (Å²) in [6.07, 6.45) is 0. The molecule has 1 heterocycles. The summed E-state index contributed by atoms with van der Waals surface area (Å²) in [5.41, 5.74) is 1.08. The van der Waals surface area contributed by atoms with Crippen LogP contribution in [0.2, 0.25) is 0 Å². The van der Waals surface area contributed by atoms with Crippen molar-refractivity contribution in [1.29, 1.82) is 0 Å². The van der Waals surface area contributed by atoms with Gasteiger partial charge in [-0.3, -0.25) is 0 Å². The van der Waals surface area contributed by atoms with Crippen LogP contribution in [0.4, 0.5) is 8.78 Å². The highest BCUT2D eigenvalue weighted by Crippen LogP contribution is 2.37. The first-order valence-corrected chi connectivity index (χ1v) is 6.46. The SMILES string of the molecule is COC(=O)c1scc(C)c1-c1c(F)ccc(C)c1F. The Labute approximate surface area is 113 Å². The summed E-state index contributed by atoms with van der Waals surface area (Å²) >= 11 is 1.12. The summed E-state index contributed by atoms with van der Waals surface area (Å²) in [5, 5.41) is 1.68. The van der Waals surface area contributed by atoms with Gasteiger partial charge in [-0.15, -0.1) is 11.3 Å². The zero-order valence-corrected chi connectivity index (χ0v) is 11.5. The number of esters is 1. The Balaban J connectivity index is 2.76. The minimum atomic E-state index is -0.685. The summed E-state index contributed by atoms with van der Waals surface area (Å²) in [4.78, 5) is 11.9. The van der Waals surface area contributed by atoms with Crippen LogP contribution in [0.1, 0.15) is 20.8 Å². The van der Waals surface area contributed by atoms with Gasteiger partial charge in [0.25, 0.3) is 0 Å². The Morgan fingerprint density at radius 1 is 1.16 bits per heavy atom. The quantitative estimate of drug-likeness (QED) is 0.775. The van der Waals surface area contributed by atoms with Crippen LogP contribution in [0.5, 0.6) is 0 Å². The molecule has 0 radical (unpaired) electrons. The van der Waals surface area contributed by atoms with Gasteiger partial charge < -0.3 is 4.74 Å². The van der Waals surface area contributed by atoms with Crippen LogP contribution in [0.3, 0.4) is 0 Å². The predicted octanol–water partition coefficient (Wildman–Crippen LogP) is 4.10. The van der Waals surface area contributed by atoms with Crippen molar-refractivity contribution in [2.75, 3.05) is 7.11 Å². The minimum absolute atomic E-state index is 0.167. The molecule has 1 aromatic heterocycles. The molecule has 0 saturated carbocycles. The molecule has 2 aromatic rings. The van der Waals surface area contributed by atoms with Gasteiger partial charge in [0.15, 0.2) is 0 Å². The number of halogens is 2. The van der Waals surface area contributed by atoms with Gasteiger partial charge in [0.1, 0.15) is 16.5 Å². The standard InChI is InChI=1S/C14H12F2O2S/c1-7-4-5-9(15)11(12(7)16)10-8(2)6-19-13(10)14(17)18-3/h4-6H,1-3H3. The van der Waals surface area contributed by atoms with E-state index in [9.17, 15) is 13.6 Å². The van der Waals surface area contributed by atoms with Crippen molar-refractivity contribution in [2.45, 2.75) is 13.8 Å². The van der Waals surface area contributed by atoms with E-state index in [4.69, 9.17) is 0 Å². The topological polar surface area (TPSA) is 26.3 Å². The van der Waals surface area contributed by atoms with Crippen molar-refractivity contribution in [3.8, 4) is 11.1 Å². The van der Waals surface area contributed by atoms with Crippen molar-refractivity contribution in [3.63, 3.8) is 0 Å². The lowest BCUT2D eigenvalue weighted by Gasteiger charge is -2.09. The molecule has 0 aliphatic rings. The molecular formula is C14H12F2O2S. The molecule has 2 nitrogen and oxygen atoms in total. The van der Waals surface area contributed by atoms with Crippen LogP contribution >= 0.6 is 11.3 Å². The fraction of sp³-hybridized carbons (Fsp3) is 0.214. The monoisotopic (exact) mass is 282 g/mol. The Hall–Kier alpha value is -1.75. The van der Waals surface area contributed by atoms with E-state index in [0.29, 0.717) is 11.1 Å². The average Bonchev–Trinajstić information content (AvgIpc) is 2.76. The van der Waals surface area contributed by atoms with Crippen molar-refractivity contribution < 1.29 is 18.3 Å². The van der Waals surface area contributed by atoms with Crippen LogP contribution in [-0.2, 0) is 4.74 Å². The molecule has 1 aromatic carbocycles. The molecule has 0 N–H and O–H groups in total. The Morgan fingerprint density at radius 2 is 1.84 bits per heavy atom. The molecule has 19 heavy (non-hydrogen) atoms. The Kier molecular flexibility index (Phi) is 3.66. The lowest BCUT2D eigenvalue weighted by atomic mass is 9.99. The van der Waals surface area contributed by atoms with E-state index in [2.05, 4.69) is 4.74 Å². The van der Waals surface area contributed by atoms with E-state index >= 15 is 0 Å². The van der Waals surface area contributed by atoms with E-state index < -0.39 is 17.6 Å². The van der Waals surface area contributed by atoms with Gasteiger partial charge in [-0.2, -0.15) is 0 Å². The second kappa shape index (κ2) is 5.09. The molecule has 2 rings (SSSR count). The molecule has 0 aliphatic heterocycles. The summed E-state index contributed by atoms with van der Waals surface area (Å²) < 4.78 is 32.7. The maximum absolute atomic E-state index is 14.2. The Bertz CT molecular complexity index is 647. The highest BCUT2D eigenvalue weighted by Gasteiger charge is 2.24. The minimum Gasteiger partial charge on any atom is -0.465 e. The van der Waals surface area contributed by atoms with Crippen molar-refractivity contribution >= 4 is 17.3 Å². The highest BCUT2D eigenvalue weighted by atomic mass is 32.1. The zero-order valence-electron chi connectivity index (χ0n) is 10.7. The van der Waals surface area contributed by atoms with Gasteiger partial charge in [-0.1, -0.05) is 6.07 Å². The maximum Gasteiger partial charge on any atom is 0.348 e. The van der Waals surface area contributed by atoms with Gasteiger partial charge in [0.05, 0.1) is 12.7 Å². The number of aryl methyl sites for hydroxylation is 2. The first kappa shape index (κ1) is 13.7. The van der Waals surface area contributed by atoms with Crippen LogP contribution in [-0.4, -0.2) is 13.1 Å². The van der Waals surface area contributed by atoms with Gasteiger partial charge in [-0.05, 0) is 36.4 Å². The first-order valence-electron chi connectivity index (χ1n) is 5.58. The van der Waals surface area contributed by atoms with E-state index in [-0.39, 0.29) is 16.0 Å². The van der Waals surface area contributed by atoms with Crippen LogP contribution in [0, 0.1) is 25.5 Å². The van der Waals surface area contributed by atoms with E-state index in [0.717, 1.165) is 11.3 Å². The summed E-state index contributed by atoms with van der Waals surface area (Å²) in [5.74, 6) is -1.92. The molecule has 0 amide bonds. The number of carbonyl (C=O) groups is 1. The summed E-state index contributed by atoms with van der Waals surface area (Å²) in [6.45, 7) is 3.26. The van der Waals surface area contributed by atoms with Crippen LogP contribution < -0.4 is 0 Å². The molecule has 0 saturated heterocycles. The third-order valence-corrected chi connectivity index (χ3v) is 3.96. The lowest BCUT2D eigenvalue weighted by molar-refractivity contribution is 0.0607. The van der Waals surface area contributed by atoms with Crippen molar-refractivity contribution in [3.05, 3.63) is 45.2 Å². The molecule has 0 aliphatic carbocycles. The van der Waals surface area contributed by atoms with E-state index in [1.54, 1.807) is 19.2 Å². The maximum atomic E-state index is 14.2. The van der Waals surface area contributed by atoms with Gasteiger partial charge >= 0.3 is 5.97 Å². The van der Waals surface area contributed by atoms with Crippen LogP contribution in [0.15, 0.2) is 17.5 Å². The number of methoxy groups -OCH3 is 1. The number of ether oxygens (including phenoxy) is 1. The average molecular weight is 282 g/mol. The molecule has 0 atom stereocenters. The van der Waals surface area contributed by atoms with Crippen molar-refractivity contribution in [2.24, 2.45) is 0 Å². The van der Waals surface area contributed by atoms with Gasteiger partial charge in [-0.25, -0.2) is 13.6 Å². The molecule has 0 fully saturated rings. The number of hydrogen-bond acceptors (Lipinski definition) is 3. The number of thiophene rings is 1. The fourth-order valence-corrected chi connectivity index (χ4v) is 2.86. The first-order chi connectivity index (χ1) is 8.97. The number of benzene rings is 1. The third kappa shape index (κ3) is 2.26. The number of hydrogen-bond donors (Lipinski definition) is 0. The molecule has 0 spiro atoms. The fourth-order valence-electron chi connectivity index (χ4n) is 1.88. The molecule has 100 valence electrons. The smallest absolute Gasteiger partial charge is 0.348 e. The Morgan fingerprint density at radius 3 is 2.47 bits per heavy atom. The predicted molar refractivity (Wildman–Crippen MR) is 70.5 cm³/mol. The second-order valence-electron chi connectivity index (χ2n) is 4.17. The third-order valence-electron chi connectivity index (χ3n) is 2.88. The summed E-state index contributed by atoms with van der Waals surface area (Å²) in [7, 11) is 1.24. The second-order valence-corrected chi connectivity index (χ2v) is 5.05. The lowest BCUT2D eigenvalue weighted by Crippen LogP contribution is -2.03. The van der Waals surface area contributed by atoms with Gasteiger partial charge in [0, 0.05) is 5.56 Å². The molecule has 5 heteroatoms. The van der Waals surface area contributed by atoms with Crippen molar-refractivity contribution in [1.82, 2.24) is 0 Å². The van der Waals surface area contributed by atoms with Gasteiger partial charge in [0.2, 0.25) is 0 Å². The highest BCUT2D eigenvalue weighted by molar-refractivity contribution is 7.12. The molecule has 0 unspecified atom stereocenters. The summed E-state index contributed by atoms with van der Waals surface area (Å²) in [6, 6.07) is 2.57.